The Balaban J connectivity index is 0.908. The van der Waals surface area contributed by atoms with Crippen molar-refractivity contribution >= 4 is 46.0 Å². The monoisotopic (exact) mass is 590 g/mol. The lowest BCUT2D eigenvalue weighted by Gasteiger charge is -2.53. The molecule has 214 valence electrons. The van der Waals surface area contributed by atoms with Gasteiger partial charge in [0.05, 0.1) is 15.3 Å². The van der Waals surface area contributed by atoms with Crippen LogP contribution in [0.4, 0.5) is 0 Å². The number of fused-ring (bicyclic) bond motifs is 3. The second kappa shape index (κ2) is 10.7. The number of aromatic nitrogens is 3. The Labute approximate surface area is 246 Å². The van der Waals surface area contributed by atoms with E-state index in [1.165, 1.54) is 33.8 Å². The molecule has 1 saturated heterocycles. The van der Waals surface area contributed by atoms with E-state index in [1.807, 2.05) is 33.6 Å². The Morgan fingerprint density at radius 2 is 1.80 bits per heavy atom. The zero-order valence-corrected chi connectivity index (χ0v) is 24.6. The maximum atomic E-state index is 13.3. The minimum Gasteiger partial charge on any atom is -0.460 e. The molecule has 1 aliphatic heterocycles. The SMILES string of the molecule is O=Cc1cc2nnn(CCCN3CC4(CCC(OC(=O)C(O)(c5cccs5)c5cccs5)CC4)C3)c2c2c1CCC2. The highest BCUT2D eigenvalue weighted by molar-refractivity contribution is 7.12. The van der Waals surface area contributed by atoms with Gasteiger partial charge in [-0.05, 0) is 103 Å². The van der Waals surface area contributed by atoms with Crippen molar-refractivity contribution in [2.24, 2.45) is 5.41 Å². The molecule has 4 aromatic rings. The van der Waals surface area contributed by atoms with E-state index in [-0.39, 0.29) is 6.10 Å². The lowest BCUT2D eigenvalue weighted by Crippen LogP contribution is -2.58. The van der Waals surface area contributed by atoms with Crippen LogP contribution in [0.1, 0.15) is 69.8 Å². The summed E-state index contributed by atoms with van der Waals surface area (Å²) in [6, 6.07) is 9.19. The molecule has 2 aliphatic carbocycles. The van der Waals surface area contributed by atoms with Crippen LogP contribution in [0.5, 0.6) is 0 Å². The molecule has 10 heteroatoms. The highest BCUT2D eigenvalue weighted by Crippen LogP contribution is 2.45. The largest absolute Gasteiger partial charge is 0.460 e. The van der Waals surface area contributed by atoms with Crippen molar-refractivity contribution in [2.45, 2.75) is 69.6 Å². The molecule has 0 atom stereocenters. The Kier molecular flexibility index (Phi) is 7.05. The summed E-state index contributed by atoms with van der Waals surface area (Å²) >= 11 is 2.74. The Hall–Kier alpha value is -2.92. The summed E-state index contributed by atoms with van der Waals surface area (Å²) in [6.45, 7) is 4.00. The second-order valence-electron chi connectivity index (χ2n) is 11.9. The lowest BCUT2D eigenvalue weighted by molar-refractivity contribution is -0.171. The standard InChI is InChI=1S/C31H34N4O4S2/c36-18-21-17-25-28(24-6-1-5-23(21)24)35(33-32-25)14-4-13-34-19-30(20-34)11-9-22(10-12-30)39-29(37)31(38,26-7-2-15-40-26)27-8-3-16-41-27/h2-3,7-8,15-18,22,38H,1,4-6,9-14,19-20H2. The third kappa shape index (κ3) is 4.74. The van der Waals surface area contributed by atoms with Gasteiger partial charge in [0.2, 0.25) is 5.60 Å². The first-order valence-corrected chi connectivity index (χ1v) is 16.3. The molecular formula is C31H34N4O4S2. The first-order valence-electron chi connectivity index (χ1n) is 14.6. The molecule has 0 radical (unpaired) electrons. The van der Waals surface area contributed by atoms with Crippen LogP contribution < -0.4 is 0 Å². The van der Waals surface area contributed by atoms with Crippen LogP contribution in [0.2, 0.25) is 0 Å². The third-order valence-electron chi connectivity index (χ3n) is 9.31. The van der Waals surface area contributed by atoms with Gasteiger partial charge in [0.1, 0.15) is 17.9 Å². The number of aliphatic hydroxyl groups is 1. The van der Waals surface area contributed by atoms with E-state index in [0.717, 1.165) is 100 Å². The molecule has 1 spiro atoms. The van der Waals surface area contributed by atoms with Crippen molar-refractivity contribution in [3.63, 3.8) is 0 Å². The normalized spacial score (nSPS) is 19.0. The highest BCUT2D eigenvalue weighted by Gasteiger charge is 2.48. The van der Waals surface area contributed by atoms with Crippen molar-refractivity contribution in [1.82, 2.24) is 19.9 Å². The number of carbonyl (C=O) groups is 2. The first-order chi connectivity index (χ1) is 20.0. The van der Waals surface area contributed by atoms with Gasteiger partial charge in [-0.3, -0.25) is 4.79 Å². The molecule has 1 N–H and O–H groups in total. The van der Waals surface area contributed by atoms with E-state index >= 15 is 0 Å². The molecule has 7 rings (SSSR count). The first kappa shape index (κ1) is 26.9. The Bertz CT molecular complexity index is 1510. The van der Waals surface area contributed by atoms with Gasteiger partial charge in [-0.25, -0.2) is 9.48 Å². The molecule has 4 heterocycles. The average Bonchev–Trinajstić information content (AvgIpc) is 3.79. The molecule has 0 unspecified atom stereocenters. The number of nitrogens with zero attached hydrogens (tertiary/aromatic N) is 4. The van der Waals surface area contributed by atoms with E-state index in [9.17, 15) is 14.7 Å². The van der Waals surface area contributed by atoms with Crippen LogP contribution in [0.3, 0.4) is 0 Å². The minimum absolute atomic E-state index is 0.157. The fourth-order valence-corrected chi connectivity index (χ4v) is 8.94. The number of ether oxygens (including phenoxy) is 1. The Morgan fingerprint density at radius 3 is 2.46 bits per heavy atom. The van der Waals surface area contributed by atoms with Crippen molar-refractivity contribution in [1.29, 1.82) is 0 Å². The van der Waals surface area contributed by atoms with Gasteiger partial charge >= 0.3 is 5.97 Å². The van der Waals surface area contributed by atoms with Crippen LogP contribution in [0.15, 0.2) is 41.1 Å². The average molecular weight is 591 g/mol. The summed E-state index contributed by atoms with van der Waals surface area (Å²) in [4.78, 5) is 28.6. The molecule has 41 heavy (non-hydrogen) atoms. The van der Waals surface area contributed by atoms with Gasteiger partial charge < -0.3 is 14.7 Å². The van der Waals surface area contributed by atoms with Crippen LogP contribution in [0.25, 0.3) is 11.0 Å². The van der Waals surface area contributed by atoms with Gasteiger partial charge in [0.15, 0.2) is 0 Å². The zero-order chi connectivity index (χ0) is 28.0. The van der Waals surface area contributed by atoms with Crippen molar-refractivity contribution < 1.29 is 19.4 Å². The summed E-state index contributed by atoms with van der Waals surface area (Å²) < 4.78 is 7.99. The molecule has 1 saturated carbocycles. The van der Waals surface area contributed by atoms with Crippen LogP contribution in [-0.4, -0.2) is 63.0 Å². The topological polar surface area (TPSA) is 97.5 Å². The van der Waals surface area contributed by atoms with Crippen LogP contribution >= 0.6 is 22.7 Å². The van der Waals surface area contributed by atoms with E-state index in [0.29, 0.717) is 15.2 Å². The smallest absolute Gasteiger partial charge is 0.349 e. The van der Waals surface area contributed by atoms with Crippen molar-refractivity contribution in [2.75, 3.05) is 19.6 Å². The third-order valence-corrected chi connectivity index (χ3v) is 11.3. The highest BCUT2D eigenvalue weighted by atomic mass is 32.1. The maximum absolute atomic E-state index is 13.3. The molecule has 3 aliphatic rings. The quantitative estimate of drug-likeness (QED) is 0.217. The molecule has 0 bridgehead atoms. The number of hydrogen-bond acceptors (Lipinski definition) is 9. The summed E-state index contributed by atoms with van der Waals surface area (Å²) in [7, 11) is 0. The fourth-order valence-electron chi connectivity index (χ4n) is 7.22. The van der Waals surface area contributed by atoms with Gasteiger partial charge in [-0.15, -0.1) is 27.8 Å². The number of likely N-dealkylation sites (tertiary alicyclic amines) is 1. The van der Waals surface area contributed by atoms with E-state index < -0.39 is 11.6 Å². The number of esters is 1. The van der Waals surface area contributed by atoms with Gasteiger partial charge in [-0.1, -0.05) is 17.3 Å². The molecule has 1 aromatic carbocycles. The van der Waals surface area contributed by atoms with Crippen LogP contribution in [-0.2, 0) is 34.5 Å². The number of aryl methyl sites for hydroxylation is 2. The summed E-state index contributed by atoms with van der Waals surface area (Å²) in [5, 5.41) is 24.1. The van der Waals surface area contributed by atoms with Crippen molar-refractivity contribution in [3.05, 3.63) is 67.5 Å². The van der Waals surface area contributed by atoms with E-state index in [2.05, 4.69) is 15.2 Å². The molecule has 0 amide bonds. The zero-order valence-electron chi connectivity index (χ0n) is 23.0. The lowest BCUT2D eigenvalue weighted by atomic mass is 9.68. The Morgan fingerprint density at radius 1 is 1.10 bits per heavy atom. The number of benzene rings is 1. The molecule has 3 aromatic heterocycles. The van der Waals surface area contributed by atoms with Gasteiger partial charge in [-0.2, -0.15) is 0 Å². The molecule has 2 fully saturated rings. The van der Waals surface area contributed by atoms with Gasteiger partial charge in [0.25, 0.3) is 0 Å². The summed E-state index contributed by atoms with van der Waals surface area (Å²) in [5.41, 5.74) is 3.74. The molecule has 8 nitrogen and oxygen atoms in total. The maximum Gasteiger partial charge on any atom is 0.349 e. The number of thiophene rings is 2. The van der Waals surface area contributed by atoms with Crippen molar-refractivity contribution in [3.8, 4) is 0 Å². The van der Waals surface area contributed by atoms with Crippen LogP contribution in [0, 0.1) is 5.41 Å². The summed E-state index contributed by atoms with van der Waals surface area (Å²) in [5.74, 6) is -0.563. The fraction of sp³-hybridized carbons (Fsp3) is 0.484. The number of carbonyl (C=O) groups excluding carboxylic acids is 2. The number of rotatable bonds is 9. The second-order valence-corrected chi connectivity index (χ2v) is 13.8. The number of aldehydes is 1. The molecular weight excluding hydrogens is 556 g/mol. The summed E-state index contributed by atoms with van der Waals surface area (Å²) in [6.07, 6.45) is 8.59. The van der Waals surface area contributed by atoms with Gasteiger partial charge in [0, 0.05) is 25.2 Å². The van der Waals surface area contributed by atoms with E-state index in [1.54, 1.807) is 12.1 Å². The minimum atomic E-state index is -1.74. The van der Waals surface area contributed by atoms with E-state index in [4.69, 9.17) is 4.74 Å². The predicted octanol–water partition coefficient (Wildman–Crippen LogP) is 4.97. The number of hydrogen-bond donors (Lipinski definition) is 1. The predicted molar refractivity (Wildman–Crippen MR) is 158 cm³/mol.